The van der Waals surface area contributed by atoms with Gasteiger partial charge in [-0.25, -0.2) is 9.37 Å². The third-order valence-corrected chi connectivity index (χ3v) is 2.44. The highest BCUT2D eigenvalue weighted by molar-refractivity contribution is 6.30. The molecule has 0 atom stereocenters. The molecule has 7 heteroatoms. The van der Waals surface area contributed by atoms with Crippen molar-refractivity contribution in [3.63, 3.8) is 0 Å². The van der Waals surface area contributed by atoms with E-state index < -0.39 is 23.4 Å². The second kappa shape index (κ2) is 5.62. The second-order valence-electron chi connectivity index (χ2n) is 3.55. The third-order valence-electron chi connectivity index (χ3n) is 2.19. The number of amides is 1. The monoisotopic (exact) mass is 283 g/mol. The molecule has 0 aliphatic rings. The first-order valence-corrected chi connectivity index (χ1v) is 5.58. The van der Waals surface area contributed by atoms with E-state index in [0.717, 1.165) is 12.1 Å². The molecule has 1 heterocycles. The Morgan fingerprint density at radius 1 is 1.11 bits per heavy atom. The van der Waals surface area contributed by atoms with Crippen LogP contribution >= 0.6 is 11.6 Å². The molecule has 0 fully saturated rings. The van der Waals surface area contributed by atoms with Crippen LogP contribution in [-0.2, 0) is 0 Å². The summed E-state index contributed by atoms with van der Waals surface area (Å²) in [7, 11) is 0. The lowest BCUT2D eigenvalue weighted by atomic mass is 10.3. The number of hydrogen-bond donors (Lipinski definition) is 2. The first-order chi connectivity index (χ1) is 9.06. The summed E-state index contributed by atoms with van der Waals surface area (Å²) in [6.45, 7) is 0. The van der Waals surface area contributed by atoms with Crippen LogP contribution in [0.25, 0.3) is 0 Å². The van der Waals surface area contributed by atoms with Crippen molar-refractivity contribution in [1.82, 2.24) is 10.4 Å². The number of carbonyl (C=O) groups is 1. The van der Waals surface area contributed by atoms with Gasteiger partial charge in [-0.05, 0) is 36.4 Å². The maximum absolute atomic E-state index is 13.3. The van der Waals surface area contributed by atoms with Gasteiger partial charge in [0.05, 0.1) is 5.69 Å². The summed E-state index contributed by atoms with van der Waals surface area (Å²) in [4.78, 5) is 14.8. The Bertz CT molecular complexity index is 604. The van der Waals surface area contributed by atoms with E-state index in [-0.39, 0.29) is 0 Å². The molecule has 4 nitrogen and oxygen atoms in total. The average Bonchev–Trinajstić information content (AvgIpc) is 2.40. The van der Waals surface area contributed by atoms with Gasteiger partial charge in [0.1, 0.15) is 0 Å². The van der Waals surface area contributed by atoms with Gasteiger partial charge in [0.25, 0.3) is 5.91 Å². The number of aromatic nitrogens is 1. The van der Waals surface area contributed by atoms with Crippen molar-refractivity contribution in [2.75, 3.05) is 5.43 Å². The Kier molecular flexibility index (Phi) is 3.91. The van der Waals surface area contributed by atoms with Gasteiger partial charge in [-0.2, -0.15) is 4.39 Å². The van der Waals surface area contributed by atoms with Gasteiger partial charge in [0.15, 0.2) is 11.5 Å². The Morgan fingerprint density at radius 3 is 2.47 bits per heavy atom. The van der Waals surface area contributed by atoms with Crippen LogP contribution in [0.4, 0.5) is 14.5 Å². The molecule has 0 spiro atoms. The van der Waals surface area contributed by atoms with Crippen LogP contribution < -0.4 is 10.9 Å². The van der Waals surface area contributed by atoms with Gasteiger partial charge in [0, 0.05) is 5.02 Å². The highest BCUT2D eigenvalue weighted by Gasteiger charge is 2.14. The fraction of sp³-hybridized carbons (Fsp3) is 0. The average molecular weight is 284 g/mol. The number of hydrazine groups is 1. The number of hydrogen-bond acceptors (Lipinski definition) is 3. The predicted octanol–water partition coefficient (Wildman–Crippen LogP) is 2.77. The Morgan fingerprint density at radius 2 is 1.79 bits per heavy atom. The van der Waals surface area contributed by atoms with Gasteiger partial charge in [0.2, 0.25) is 5.95 Å². The molecule has 0 bridgehead atoms. The largest absolute Gasteiger partial charge is 0.298 e. The topological polar surface area (TPSA) is 54.0 Å². The zero-order valence-electron chi connectivity index (χ0n) is 9.45. The quantitative estimate of drug-likeness (QED) is 0.673. The number of carbonyl (C=O) groups excluding carboxylic acids is 1. The molecule has 98 valence electrons. The lowest BCUT2D eigenvalue weighted by Crippen LogP contribution is -2.31. The molecule has 1 aromatic carbocycles. The van der Waals surface area contributed by atoms with E-state index in [2.05, 4.69) is 15.8 Å². The summed E-state index contributed by atoms with van der Waals surface area (Å²) >= 11 is 5.69. The SMILES string of the molecule is O=C(NNc1ccc(Cl)cc1)c1nc(F)ccc1F. The van der Waals surface area contributed by atoms with Gasteiger partial charge in [-0.15, -0.1) is 0 Å². The third kappa shape index (κ3) is 3.38. The first kappa shape index (κ1) is 13.2. The molecule has 1 aromatic heterocycles. The van der Waals surface area contributed by atoms with Crippen LogP contribution in [0.5, 0.6) is 0 Å². The lowest BCUT2D eigenvalue weighted by molar-refractivity contribution is 0.0952. The minimum Gasteiger partial charge on any atom is -0.298 e. The van der Waals surface area contributed by atoms with Crippen molar-refractivity contribution in [2.24, 2.45) is 0 Å². The molecule has 0 unspecified atom stereocenters. The van der Waals surface area contributed by atoms with Crippen molar-refractivity contribution >= 4 is 23.2 Å². The summed E-state index contributed by atoms with van der Waals surface area (Å²) < 4.78 is 26.1. The molecule has 1 amide bonds. The zero-order chi connectivity index (χ0) is 13.8. The van der Waals surface area contributed by atoms with E-state index in [9.17, 15) is 13.6 Å². The maximum atomic E-state index is 13.3. The number of nitrogens with one attached hydrogen (secondary N) is 2. The van der Waals surface area contributed by atoms with Crippen LogP contribution in [0.15, 0.2) is 36.4 Å². The number of nitrogens with zero attached hydrogens (tertiary/aromatic N) is 1. The van der Waals surface area contributed by atoms with Crippen LogP contribution in [0.1, 0.15) is 10.5 Å². The lowest BCUT2D eigenvalue weighted by Gasteiger charge is -2.08. The van der Waals surface area contributed by atoms with Crippen LogP contribution in [0.2, 0.25) is 5.02 Å². The fourth-order valence-electron chi connectivity index (χ4n) is 1.30. The fourth-order valence-corrected chi connectivity index (χ4v) is 1.42. The Hall–Kier alpha value is -2.21. The maximum Gasteiger partial charge on any atom is 0.291 e. The van der Waals surface area contributed by atoms with E-state index in [0.29, 0.717) is 10.7 Å². The molecular weight excluding hydrogens is 276 g/mol. The Labute approximate surface area is 112 Å². The van der Waals surface area contributed by atoms with Gasteiger partial charge in [-0.3, -0.25) is 15.6 Å². The summed E-state index contributed by atoms with van der Waals surface area (Å²) in [5, 5.41) is 0.537. The van der Waals surface area contributed by atoms with Gasteiger partial charge < -0.3 is 0 Å². The van der Waals surface area contributed by atoms with Crippen molar-refractivity contribution in [2.45, 2.75) is 0 Å². The number of anilines is 1. The van der Waals surface area contributed by atoms with E-state index in [1.54, 1.807) is 24.3 Å². The highest BCUT2D eigenvalue weighted by atomic mass is 35.5. The van der Waals surface area contributed by atoms with Crippen molar-refractivity contribution in [3.8, 4) is 0 Å². The molecule has 2 N–H and O–H groups in total. The minimum absolute atomic E-state index is 0.537. The summed E-state index contributed by atoms with van der Waals surface area (Å²) in [6, 6.07) is 8.10. The molecule has 0 aliphatic heterocycles. The molecule has 19 heavy (non-hydrogen) atoms. The summed E-state index contributed by atoms with van der Waals surface area (Å²) in [5.74, 6) is -2.72. The van der Waals surface area contributed by atoms with Gasteiger partial charge >= 0.3 is 0 Å². The normalized spacial score (nSPS) is 10.1. The molecular formula is C12H8ClF2N3O. The number of rotatable bonds is 3. The molecule has 2 rings (SSSR count). The van der Waals surface area contributed by atoms with E-state index in [1.807, 2.05) is 0 Å². The summed E-state index contributed by atoms with van der Waals surface area (Å²) in [6.07, 6.45) is 0. The summed E-state index contributed by atoms with van der Waals surface area (Å²) in [5.41, 5.74) is 4.64. The van der Waals surface area contributed by atoms with Crippen LogP contribution in [0.3, 0.4) is 0 Å². The standard InChI is InChI=1S/C12H8ClF2N3O/c13-7-1-3-8(4-2-7)17-18-12(19)11-9(14)5-6-10(15)16-11/h1-6,17H,(H,18,19). The molecule has 0 saturated carbocycles. The van der Waals surface area contributed by atoms with E-state index >= 15 is 0 Å². The Balaban J connectivity index is 2.05. The molecule has 0 saturated heterocycles. The zero-order valence-corrected chi connectivity index (χ0v) is 10.2. The van der Waals surface area contributed by atoms with Crippen LogP contribution in [-0.4, -0.2) is 10.9 Å². The number of benzene rings is 1. The van der Waals surface area contributed by atoms with Crippen molar-refractivity contribution in [1.29, 1.82) is 0 Å². The second-order valence-corrected chi connectivity index (χ2v) is 3.99. The highest BCUT2D eigenvalue weighted by Crippen LogP contribution is 2.12. The van der Waals surface area contributed by atoms with Gasteiger partial charge in [-0.1, -0.05) is 11.6 Å². The van der Waals surface area contributed by atoms with E-state index in [1.165, 1.54) is 0 Å². The first-order valence-electron chi connectivity index (χ1n) is 5.20. The van der Waals surface area contributed by atoms with E-state index in [4.69, 9.17) is 11.6 Å². The molecule has 2 aromatic rings. The smallest absolute Gasteiger partial charge is 0.291 e. The minimum atomic E-state index is -0.932. The van der Waals surface area contributed by atoms with Crippen LogP contribution in [0, 0.1) is 11.8 Å². The predicted molar refractivity (Wildman–Crippen MR) is 66.7 cm³/mol. The number of halogens is 3. The van der Waals surface area contributed by atoms with Crippen molar-refractivity contribution < 1.29 is 13.6 Å². The molecule has 0 aliphatic carbocycles. The van der Waals surface area contributed by atoms with Crippen molar-refractivity contribution in [3.05, 3.63) is 58.9 Å². The molecule has 0 radical (unpaired) electrons. The number of pyridine rings is 1.